The average molecular weight is 225 g/mol. The molecule has 0 spiro atoms. The molecule has 0 unspecified atom stereocenters. The molecule has 12 heavy (non-hydrogen) atoms. The van der Waals surface area contributed by atoms with Gasteiger partial charge in [-0.2, -0.15) is 5.26 Å². The molecule has 0 aliphatic rings. The van der Waals surface area contributed by atoms with Crippen LogP contribution in [-0.2, 0) is 0 Å². The number of hydrogen-bond acceptors (Lipinski definition) is 2. The summed E-state index contributed by atoms with van der Waals surface area (Å²) in [4.78, 5) is 0. The largest absolute Gasteiger partial charge is 0.323 e. The standard InChI is InChI=1S/C9H9BrN2/c10-8-4-2-1-3-7(8)9(12)5-6-11/h1-4,9H,5,12H2/t9-/m1/s1. The van der Waals surface area contributed by atoms with E-state index in [0.717, 1.165) is 10.0 Å². The van der Waals surface area contributed by atoms with Gasteiger partial charge in [-0.15, -0.1) is 0 Å². The van der Waals surface area contributed by atoms with Gasteiger partial charge < -0.3 is 5.73 Å². The average Bonchev–Trinajstić information content (AvgIpc) is 2.05. The van der Waals surface area contributed by atoms with Crippen molar-refractivity contribution >= 4 is 15.9 Å². The molecule has 2 nitrogen and oxygen atoms in total. The van der Waals surface area contributed by atoms with E-state index in [9.17, 15) is 0 Å². The number of nitrogens with two attached hydrogens (primary N) is 1. The fraction of sp³-hybridized carbons (Fsp3) is 0.222. The number of rotatable bonds is 2. The summed E-state index contributed by atoms with van der Waals surface area (Å²) in [6.07, 6.45) is 0.350. The van der Waals surface area contributed by atoms with Crippen LogP contribution in [0.1, 0.15) is 18.0 Å². The number of halogens is 1. The molecular weight excluding hydrogens is 216 g/mol. The Morgan fingerprint density at radius 3 is 2.75 bits per heavy atom. The smallest absolute Gasteiger partial charge is 0.0641 e. The lowest BCUT2D eigenvalue weighted by Gasteiger charge is -2.08. The van der Waals surface area contributed by atoms with Crippen LogP contribution >= 0.6 is 15.9 Å². The maximum atomic E-state index is 8.44. The van der Waals surface area contributed by atoms with Gasteiger partial charge in [0.25, 0.3) is 0 Å². The highest BCUT2D eigenvalue weighted by molar-refractivity contribution is 9.10. The molecule has 0 saturated carbocycles. The predicted molar refractivity (Wildman–Crippen MR) is 51.3 cm³/mol. The molecular formula is C9H9BrN2. The van der Waals surface area contributed by atoms with Crippen molar-refractivity contribution in [2.75, 3.05) is 0 Å². The van der Waals surface area contributed by atoms with E-state index in [1.54, 1.807) is 0 Å². The molecule has 1 atom stereocenters. The summed E-state index contributed by atoms with van der Waals surface area (Å²) in [5.74, 6) is 0. The fourth-order valence-corrected chi connectivity index (χ4v) is 1.56. The van der Waals surface area contributed by atoms with Gasteiger partial charge in [-0.3, -0.25) is 0 Å². The zero-order valence-electron chi connectivity index (χ0n) is 6.50. The number of benzene rings is 1. The SMILES string of the molecule is N#CC[C@@H](N)c1ccccc1Br. The monoisotopic (exact) mass is 224 g/mol. The van der Waals surface area contributed by atoms with Crippen molar-refractivity contribution in [3.8, 4) is 6.07 Å². The van der Waals surface area contributed by atoms with Gasteiger partial charge in [0, 0.05) is 10.5 Å². The van der Waals surface area contributed by atoms with Gasteiger partial charge in [-0.05, 0) is 11.6 Å². The molecule has 0 saturated heterocycles. The van der Waals surface area contributed by atoms with Crippen molar-refractivity contribution in [3.05, 3.63) is 34.3 Å². The lowest BCUT2D eigenvalue weighted by Crippen LogP contribution is -2.09. The second kappa shape index (κ2) is 4.24. The molecule has 1 rings (SSSR count). The van der Waals surface area contributed by atoms with Crippen LogP contribution in [-0.4, -0.2) is 0 Å². The molecule has 0 aliphatic heterocycles. The van der Waals surface area contributed by atoms with Crippen LogP contribution in [0.2, 0.25) is 0 Å². The molecule has 0 heterocycles. The zero-order valence-corrected chi connectivity index (χ0v) is 8.08. The summed E-state index contributed by atoms with van der Waals surface area (Å²) in [7, 11) is 0. The molecule has 3 heteroatoms. The Balaban J connectivity index is 2.88. The first-order valence-corrected chi connectivity index (χ1v) is 4.42. The van der Waals surface area contributed by atoms with Crippen LogP contribution in [0, 0.1) is 11.3 Å². The molecule has 1 aromatic carbocycles. The summed E-state index contributed by atoms with van der Waals surface area (Å²) in [6, 6.07) is 9.54. The Kier molecular flexibility index (Phi) is 3.27. The molecule has 1 aromatic rings. The van der Waals surface area contributed by atoms with Gasteiger partial charge in [0.05, 0.1) is 12.5 Å². The number of nitriles is 1. The first kappa shape index (κ1) is 9.24. The van der Waals surface area contributed by atoms with Gasteiger partial charge in [-0.25, -0.2) is 0 Å². The number of nitrogens with zero attached hydrogens (tertiary/aromatic N) is 1. The van der Waals surface area contributed by atoms with E-state index in [1.807, 2.05) is 30.3 Å². The molecule has 0 bridgehead atoms. The van der Waals surface area contributed by atoms with Gasteiger partial charge >= 0.3 is 0 Å². The van der Waals surface area contributed by atoms with Crippen LogP contribution in [0.15, 0.2) is 28.7 Å². The third-order valence-electron chi connectivity index (χ3n) is 1.62. The molecule has 2 N–H and O–H groups in total. The maximum absolute atomic E-state index is 8.44. The van der Waals surface area contributed by atoms with E-state index in [1.165, 1.54) is 0 Å². The molecule has 62 valence electrons. The minimum Gasteiger partial charge on any atom is -0.323 e. The molecule has 0 radical (unpaired) electrons. The summed E-state index contributed by atoms with van der Waals surface area (Å²) < 4.78 is 0.966. The second-order valence-electron chi connectivity index (χ2n) is 2.49. The van der Waals surface area contributed by atoms with Crippen molar-refractivity contribution in [2.45, 2.75) is 12.5 Å². The van der Waals surface area contributed by atoms with Crippen LogP contribution in [0.3, 0.4) is 0 Å². The fourth-order valence-electron chi connectivity index (χ4n) is 0.984. The van der Waals surface area contributed by atoms with E-state index in [0.29, 0.717) is 6.42 Å². The Hall–Kier alpha value is -0.850. The summed E-state index contributed by atoms with van der Waals surface area (Å²) >= 11 is 3.38. The first-order chi connectivity index (χ1) is 5.75. The minimum atomic E-state index is -0.189. The normalized spacial score (nSPS) is 12.1. The third-order valence-corrected chi connectivity index (χ3v) is 2.34. The van der Waals surface area contributed by atoms with Crippen LogP contribution < -0.4 is 5.73 Å². The van der Waals surface area contributed by atoms with Crippen molar-refractivity contribution < 1.29 is 0 Å². The van der Waals surface area contributed by atoms with Gasteiger partial charge in [0.15, 0.2) is 0 Å². The highest BCUT2D eigenvalue weighted by Gasteiger charge is 2.07. The maximum Gasteiger partial charge on any atom is 0.0641 e. The predicted octanol–water partition coefficient (Wildman–Crippen LogP) is 2.36. The van der Waals surface area contributed by atoms with Crippen molar-refractivity contribution in [1.82, 2.24) is 0 Å². The Morgan fingerprint density at radius 2 is 2.17 bits per heavy atom. The van der Waals surface area contributed by atoms with Crippen molar-refractivity contribution in [3.63, 3.8) is 0 Å². The van der Waals surface area contributed by atoms with E-state index < -0.39 is 0 Å². The van der Waals surface area contributed by atoms with E-state index in [2.05, 4.69) is 15.9 Å². The van der Waals surface area contributed by atoms with Crippen molar-refractivity contribution in [1.29, 1.82) is 5.26 Å². The summed E-state index contributed by atoms with van der Waals surface area (Å²) in [5.41, 5.74) is 6.74. The van der Waals surface area contributed by atoms with Crippen molar-refractivity contribution in [2.24, 2.45) is 5.73 Å². The zero-order chi connectivity index (χ0) is 8.97. The second-order valence-corrected chi connectivity index (χ2v) is 3.34. The van der Waals surface area contributed by atoms with Gasteiger partial charge in [-0.1, -0.05) is 34.1 Å². The van der Waals surface area contributed by atoms with Gasteiger partial charge in [0.1, 0.15) is 0 Å². The highest BCUT2D eigenvalue weighted by Crippen LogP contribution is 2.22. The third kappa shape index (κ3) is 2.07. The van der Waals surface area contributed by atoms with Crippen LogP contribution in [0.5, 0.6) is 0 Å². The summed E-state index contributed by atoms with van der Waals surface area (Å²) in [6.45, 7) is 0. The minimum absolute atomic E-state index is 0.189. The lowest BCUT2D eigenvalue weighted by molar-refractivity contribution is 0.745. The molecule has 0 aromatic heterocycles. The Labute approximate surface area is 80.1 Å². The topological polar surface area (TPSA) is 49.8 Å². The Bertz CT molecular complexity index is 304. The first-order valence-electron chi connectivity index (χ1n) is 3.62. The Morgan fingerprint density at radius 1 is 1.50 bits per heavy atom. The van der Waals surface area contributed by atoms with E-state index in [-0.39, 0.29) is 6.04 Å². The highest BCUT2D eigenvalue weighted by atomic mass is 79.9. The van der Waals surface area contributed by atoms with Gasteiger partial charge in [0.2, 0.25) is 0 Å². The van der Waals surface area contributed by atoms with E-state index in [4.69, 9.17) is 11.0 Å². The molecule has 0 fully saturated rings. The van der Waals surface area contributed by atoms with Crippen LogP contribution in [0.25, 0.3) is 0 Å². The quantitative estimate of drug-likeness (QED) is 0.839. The lowest BCUT2D eigenvalue weighted by atomic mass is 10.1. The number of hydrogen-bond donors (Lipinski definition) is 1. The van der Waals surface area contributed by atoms with Crippen LogP contribution in [0.4, 0.5) is 0 Å². The molecule has 0 amide bonds. The summed E-state index contributed by atoms with van der Waals surface area (Å²) in [5, 5.41) is 8.44. The van der Waals surface area contributed by atoms with E-state index >= 15 is 0 Å². The molecule has 0 aliphatic carbocycles.